The Morgan fingerprint density at radius 3 is 2.39 bits per heavy atom. The van der Waals surface area contributed by atoms with Gasteiger partial charge in [0.05, 0.1) is 6.20 Å². The molecule has 2 rings (SSSR count). The van der Waals surface area contributed by atoms with Crippen molar-refractivity contribution in [3.8, 4) is 0 Å². The van der Waals surface area contributed by atoms with Gasteiger partial charge in [-0.25, -0.2) is 13.4 Å². The molecular weight excluding hydrogens is 340 g/mol. The van der Waals surface area contributed by atoms with E-state index in [9.17, 15) is 18.0 Å². The Morgan fingerprint density at radius 2 is 1.87 bits per heavy atom. The van der Waals surface area contributed by atoms with Crippen LogP contribution in [0.3, 0.4) is 0 Å². The van der Waals surface area contributed by atoms with E-state index in [4.69, 9.17) is 0 Å². The van der Waals surface area contributed by atoms with Crippen molar-refractivity contribution in [3.63, 3.8) is 0 Å². The Balaban J connectivity index is 2.05. The third kappa shape index (κ3) is 4.06. The van der Waals surface area contributed by atoms with Gasteiger partial charge in [0.1, 0.15) is 0 Å². The summed E-state index contributed by atoms with van der Waals surface area (Å²) in [5.41, 5.74) is 0. The van der Waals surface area contributed by atoms with Crippen LogP contribution in [0.5, 0.6) is 0 Å². The molecule has 1 aromatic rings. The number of hydrogen-bond donors (Lipinski definition) is 1. The van der Waals surface area contributed by atoms with Crippen LogP contribution in [0.2, 0.25) is 0 Å². The van der Waals surface area contributed by atoms with E-state index in [1.165, 1.54) is 17.4 Å². The van der Waals surface area contributed by atoms with Crippen molar-refractivity contribution in [1.82, 2.24) is 14.2 Å². The molecule has 1 aliphatic heterocycles. The van der Waals surface area contributed by atoms with Gasteiger partial charge in [-0.3, -0.25) is 9.59 Å². The van der Waals surface area contributed by atoms with Gasteiger partial charge < -0.3 is 10.2 Å². The number of carbonyl (C=O) groups excluding carboxylic acids is 2. The molecule has 0 bridgehead atoms. The molecule has 1 aromatic heterocycles. The summed E-state index contributed by atoms with van der Waals surface area (Å²) >= 11 is 0.921. The van der Waals surface area contributed by atoms with Gasteiger partial charge in [-0.1, -0.05) is 25.2 Å². The second-order valence-electron chi connectivity index (χ2n) is 5.55. The first-order valence-corrected chi connectivity index (χ1v) is 9.50. The molecule has 1 aliphatic rings. The van der Waals surface area contributed by atoms with Crippen molar-refractivity contribution in [3.05, 3.63) is 6.20 Å². The van der Waals surface area contributed by atoms with Gasteiger partial charge in [0.2, 0.25) is 11.8 Å². The number of piperazine rings is 1. The average molecular weight is 360 g/mol. The van der Waals surface area contributed by atoms with Crippen LogP contribution in [0.4, 0.5) is 5.13 Å². The molecule has 10 heteroatoms. The normalized spacial score (nSPS) is 16.6. The highest BCUT2D eigenvalue weighted by molar-refractivity contribution is 7.91. The Hall–Kier alpha value is -1.52. The predicted molar refractivity (Wildman–Crippen MR) is 86.6 cm³/mol. The fourth-order valence-corrected chi connectivity index (χ4v) is 4.88. The van der Waals surface area contributed by atoms with Crippen molar-refractivity contribution in [2.24, 2.45) is 5.92 Å². The van der Waals surface area contributed by atoms with E-state index in [2.05, 4.69) is 10.3 Å². The van der Waals surface area contributed by atoms with Gasteiger partial charge in [0.15, 0.2) is 9.34 Å². The zero-order chi connectivity index (χ0) is 17.2. The molecule has 0 spiro atoms. The summed E-state index contributed by atoms with van der Waals surface area (Å²) in [5, 5.41) is 2.72. The lowest BCUT2D eigenvalue weighted by molar-refractivity contribution is -0.135. The van der Waals surface area contributed by atoms with E-state index < -0.39 is 10.0 Å². The van der Waals surface area contributed by atoms with Gasteiger partial charge in [-0.05, 0) is 0 Å². The van der Waals surface area contributed by atoms with E-state index in [1.54, 1.807) is 4.90 Å². The maximum absolute atomic E-state index is 12.6. The monoisotopic (exact) mass is 360 g/mol. The SMILES string of the molecule is CC(=O)Nc1ncc(S(=O)(=O)N2CCN(C(=O)C(C)C)CC2)s1. The molecule has 2 amide bonds. The summed E-state index contributed by atoms with van der Waals surface area (Å²) < 4.78 is 26.6. The molecule has 0 saturated carbocycles. The summed E-state index contributed by atoms with van der Waals surface area (Å²) in [6.45, 7) is 6.27. The smallest absolute Gasteiger partial charge is 0.254 e. The Bertz CT molecular complexity index is 691. The molecule has 23 heavy (non-hydrogen) atoms. The lowest BCUT2D eigenvalue weighted by Gasteiger charge is -2.34. The predicted octanol–water partition coefficient (Wildman–Crippen LogP) is 0.590. The number of anilines is 1. The number of nitrogens with zero attached hydrogens (tertiary/aromatic N) is 3. The number of amides is 2. The van der Waals surface area contributed by atoms with E-state index in [1.807, 2.05) is 13.8 Å². The Morgan fingerprint density at radius 1 is 1.26 bits per heavy atom. The van der Waals surface area contributed by atoms with Crippen LogP contribution in [-0.4, -0.2) is 60.6 Å². The Labute approximate surface area is 139 Å². The molecule has 0 atom stereocenters. The van der Waals surface area contributed by atoms with E-state index in [0.29, 0.717) is 13.1 Å². The van der Waals surface area contributed by atoms with Gasteiger partial charge in [0, 0.05) is 39.0 Å². The zero-order valence-electron chi connectivity index (χ0n) is 13.3. The molecule has 1 N–H and O–H groups in total. The summed E-state index contributed by atoms with van der Waals surface area (Å²) in [5.74, 6) is -0.364. The lowest BCUT2D eigenvalue weighted by Crippen LogP contribution is -2.51. The van der Waals surface area contributed by atoms with Crippen LogP contribution in [0.25, 0.3) is 0 Å². The van der Waals surface area contributed by atoms with Crippen molar-refractivity contribution >= 4 is 38.3 Å². The minimum absolute atomic E-state index is 0.0350. The topological polar surface area (TPSA) is 99.7 Å². The van der Waals surface area contributed by atoms with Crippen LogP contribution in [0, 0.1) is 5.92 Å². The molecule has 0 unspecified atom stereocenters. The summed E-state index contributed by atoms with van der Waals surface area (Å²) in [4.78, 5) is 28.5. The molecule has 2 heterocycles. The molecule has 8 nitrogen and oxygen atoms in total. The maximum Gasteiger partial charge on any atom is 0.254 e. The van der Waals surface area contributed by atoms with Crippen LogP contribution in [0.15, 0.2) is 10.4 Å². The van der Waals surface area contributed by atoms with E-state index >= 15 is 0 Å². The standard InChI is InChI=1S/C13H20N4O4S2/c1-9(2)12(19)16-4-6-17(7-5-16)23(20,21)11-8-14-13(22-11)15-10(3)18/h8-9H,4-7H2,1-3H3,(H,14,15,18). The first-order valence-electron chi connectivity index (χ1n) is 7.24. The molecular formula is C13H20N4O4S2. The average Bonchev–Trinajstić information content (AvgIpc) is 2.95. The van der Waals surface area contributed by atoms with E-state index in [-0.39, 0.29) is 40.2 Å². The molecule has 1 saturated heterocycles. The highest BCUT2D eigenvalue weighted by atomic mass is 32.2. The summed E-state index contributed by atoms with van der Waals surface area (Å²) in [6, 6.07) is 0. The maximum atomic E-state index is 12.6. The number of hydrogen-bond acceptors (Lipinski definition) is 6. The first-order chi connectivity index (χ1) is 10.7. The van der Waals surface area contributed by atoms with Crippen molar-refractivity contribution in [2.75, 3.05) is 31.5 Å². The second kappa shape index (κ2) is 6.93. The number of carbonyl (C=O) groups is 2. The van der Waals surface area contributed by atoms with Crippen LogP contribution >= 0.6 is 11.3 Å². The Kier molecular flexibility index (Phi) is 5.37. The number of thiazole rings is 1. The molecule has 0 radical (unpaired) electrons. The van der Waals surface area contributed by atoms with Crippen LogP contribution in [0.1, 0.15) is 20.8 Å². The van der Waals surface area contributed by atoms with Crippen molar-refractivity contribution in [2.45, 2.75) is 25.0 Å². The second-order valence-corrected chi connectivity index (χ2v) is 8.75. The van der Waals surface area contributed by atoms with Crippen molar-refractivity contribution in [1.29, 1.82) is 0 Å². The number of rotatable bonds is 4. The lowest BCUT2D eigenvalue weighted by atomic mass is 10.2. The molecule has 0 aromatic carbocycles. The fourth-order valence-electron chi connectivity index (χ4n) is 2.23. The third-order valence-electron chi connectivity index (χ3n) is 3.41. The molecule has 1 fully saturated rings. The minimum atomic E-state index is -3.65. The van der Waals surface area contributed by atoms with Crippen molar-refractivity contribution < 1.29 is 18.0 Å². The van der Waals surface area contributed by atoms with Gasteiger partial charge in [0.25, 0.3) is 10.0 Å². The minimum Gasteiger partial charge on any atom is -0.340 e. The number of nitrogens with one attached hydrogen (secondary N) is 1. The van der Waals surface area contributed by atoms with Gasteiger partial charge in [-0.15, -0.1) is 0 Å². The largest absolute Gasteiger partial charge is 0.340 e. The summed E-state index contributed by atoms with van der Waals surface area (Å²) in [7, 11) is -3.65. The fraction of sp³-hybridized carbons (Fsp3) is 0.615. The van der Waals surface area contributed by atoms with E-state index in [0.717, 1.165) is 11.3 Å². The summed E-state index contributed by atoms with van der Waals surface area (Å²) in [6.07, 6.45) is 1.25. The number of sulfonamides is 1. The third-order valence-corrected chi connectivity index (χ3v) is 6.65. The van der Waals surface area contributed by atoms with Crippen LogP contribution in [-0.2, 0) is 19.6 Å². The van der Waals surface area contributed by atoms with Crippen LogP contribution < -0.4 is 5.32 Å². The van der Waals surface area contributed by atoms with Gasteiger partial charge in [-0.2, -0.15) is 4.31 Å². The molecule has 0 aliphatic carbocycles. The molecule has 128 valence electrons. The van der Waals surface area contributed by atoms with Gasteiger partial charge >= 0.3 is 0 Å². The highest BCUT2D eigenvalue weighted by Gasteiger charge is 2.32. The quantitative estimate of drug-likeness (QED) is 0.847. The first kappa shape index (κ1) is 17.8. The zero-order valence-corrected chi connectivity index (χ0v) is 14.9. The highest BCUT2D eigenvalue weighted by Crippen LogP contribution is 2.26. The number of aromatic nitrogens is 1.